The minimum atomic E-state index is -0.266. The molecule has 0 saturated heterocycles. The molecule has 4 rings (SSSR count). The molecule has 0 radical (unpaired) electrons. The third-order valence-corrected chi connectivity index (χ3v) is 5.53. The van der Waals surface area contributed by atoms with E-state index in [4.69, 9.17) is 4.74 Å². The van der Waals surface area contributed by atoms with Crippen molar-refractivity contribution in [3.05, 3.63) is 65.2 Å². The predicted octanol–water partition coefficient (Wildman–Crippen LogP) is 4.82. The summed E-state index contributed by atoms with van der Waals surface area (Å²) < 4.78 is 19.8. The van der Waals surface area contributed by atoms with Crippen LogP contribution < -0.4 is 10.1 Å². The lowest BCUT2D eigenvalue weighted by Gasteiger charge is -2.08. The van der Waals surface area contributed by atoms with Crippen molar-refractivity contribution in [2.24, 2.45) is 0 Å². The smallest absolute Gasteiger partial charge is 0.148 e. The second-order valence-electron chi connectivity index (χ2n) is 6.45. The highest BCUT2D eigenvalue weighted by molar-refractivity contribution is 7.16. The van der Waals surface area contributed by atoms with Gasteiger partial charge in [-0.1, -0.05) is 6.07 Å². The van der Waals surface area contributed by atoms with Crippen molar-refractivity contribution in [3.8, 4) is 22.4 Å². The van der Waals surface area contributed by atoms with Crippen molar-refractivity contribution < 1.29 is 9.13 Å². The summed E-state index contributed by atoms with van der Waals surface area (Å²) in [6.45, 7) is 2.88. The normalized spacial score (nSPS) is 10.7. The Kier molecular flexibility index (Phi) is 5.82. The zero-order chi connectivity index (χ0) is 20.9. The molecule has 150 valence electrons. The summed E-state index contributed by atoms with van der Waals surface area (Å²) >= 11 is 1.33. The average Bonchev–Trinajstić information content (AvgIpc) is 3.18. The SMILES string of the molecule is CCOc1cc(-c2cc(NCCc3cc4cccnc4cc3F)ncn2)sc1C#N. The van der Waals surface area contributed by atoms with Crippen molar-refractivity contribution in [3.63, 3.8) is 0 Å². The maximum absolute atomic E-state index is 14.3. The lowest BCUT2D eigenvalue weighted by Crippen LogP contribution is -2.08. The molecule has 30 heavy (non-hydrogen) atoms. The summed E-state index contributed by atoms with van der Waals surface area (Å²) in [5, 5.41) is 13.4. The van der Waals surface area contributed by atoms with Crippen LogP contribution in [-0.2, 0) is 6.42 Å². The number of benzene rings is 1. The molecule has 0 bridgehead atoms. The quantitative estimate of drug-likeness (QED) is 0.462. The first kappa shape index (κ1) is 19.7. The first-order valence-corrected chi connectivity index (χ1v) is 10.3. The monoisotopic (exact) mass is 419 g/mol. The summed E-state index contributed by atoms with van der Waals surface area (Å²) in [4.78, 5) is 14.1. The van der Waals surface area contributed by atoms with Gasteiger partial charge in [-0.2, -0.15) is 5.26 Å². The lowest BCUT2D eigenvalue weighted by atomic mass is 10.1. The first-order chi connectivity index (χ1) is 14.7. The van der Waals surface area contributed by atoms with Gasteiger partial charge in [0.15, 0.2) is 0 Å². The van der Waals surface area contributed by atoms with Crippen LogP contribution in [0.1, 0.15) is 17.4 Å². The highest BCUT2D eigenvalue weighted by Crippen LogP contribution is 2.35. The molecule has 1 aromatic carbocycles. The van der Waals surface area contributed by atoms with E-state index < -0.39 is 0 Å². The van der Waals surface area contributed by atoms with E-state index in [9.17, 15) is 9.65 Å². The highest BCUT2D eigenvalue weighted by Gasteiger charge is 2.13. The van der Waals surface area contributed by atoms with Crippen LogP contribution in [0, 0.1) is 17.1 Å². The molecule has 3 heterocycles. The Morgan fingerprint density at radius 2 is 2.10 bits per heavy atom. The standard InChI is InChI=1S/C22H18FN5OS/c1-2-29-19-11-20(30-21(19)12-24)18-10-22(28-13-27-18)26-7-5-14-8-15-4-3-6-25-17(15)9-16(14)23/h3-4,6,8-11,13H,2,5,7H2,1H3,(H,26,27,28). The molecule has 8 heteroatoms. The molecular formula is C22H18FN5OS. The van der Waals surface area contributed by atoms with Gasteiger partial charge >= 0.3 is 0 Å². The summed E-state index contributed by atoms with van der Waals surface area (Å²) in [5.41, 5.74) is 1.96. The predicted molar refractivity (Wildman–Crippen MR) is 115 cm³/mol. The molecule has 0 amide bonds. The Bertz CT molecular complexity index is 1230. The zero-order valence-corrected chi connectivity index (χ0v) is 17.0. The van der Waals surface area contributed by atoms with Crippen LogP contribution in [0.5, 0.6) is 5.75 Å². The van der Waals surface area contributed by atoms with Gasteiger partial charge < -0.3 is 10.1 Å². The van der Waals surface area contributed by atoms with Crippen molar-refractivity contribution in [2.75, 3.05) is 18.5 Å². The van der Waals surface area contributed by atoms with Gasteiger partial charge in [-0.3, -0.25) is 4.98 Å². The van der Waals surface area contributed by atoms with Crippen molar-refractivity contribution >= 4 is 28.1 Å². The lowest BCUT2D eigenvalue weighted by molar-refractivity contribution is 0.341. The largest absolute Gasteiger partial charge is 0.492 e. The number of fused-ring (bicyclic) bond motifs is 1. The third-order valence-electron chi connectivity index (χ3n) is 4.49. The number of nitrogens with one attached hydrogen (secondary N) is 1. The summed E-state index contributed by atoms with van der Waals surface area (Å²) in [5.74, 6) is 0.930. The van der Waals surface area contributed by atoms with E-state index in [2.05, 4.69) is 26.3 Å². The van der Waals surface area contributed by atoms with Crippen molar-refractivity contribution in [1.29, 1.82) is 5.26 Å². The zero-order valence-electron chi connectivity index (χ0n) is 16.2. The van der Waals surface area contributed by atoms with Crippen LogP contribution in [-0.4, -0.2) is 28.1 Å². The molecule has 0 fully saturated rings. The second kappa shape index (κ2) is 8.84. The average molecular weight is 419 g/mol. The number of pyridine rings is 1. The number of hydrogen-bond donors (Lipinski definition) is 1. The topological polar surface area (TPSA) is 83.7 Å². The Labute approximate surface area is 177 Å². The summed E-state index contributed by atoms with van der Waals surface area (Å²) in [6, 6.07) is 12.8. The summed E-state index contributed by atoms with van der Waals surface area (Å²) in [6.07, 6.45) is 3.62. The van der Waals surface area contributed by atoms with E-state index in [1.54, 1.807) is 6.20 Å². The Hall–Kier alpha value is -3.57. The van der Waals surface area contributed by atoms with Gasteiger partial charge in [0.05, 0.1) is 22.7 Å². The Morgan fingerprint density at radius 3 is 2.93 bits per heavy atom. The molecule has 0 aliphatic heterocycles. The molecule has 0 aliphatic rings. The molecular weight excluding hydrogens is 401 g/mol. The van der Waals surface area contributed by atoms with Gasteiger partial charge in [0.25, 0.3) is 0 Å². The van der Waals surface area contributed by atoms with E-state index in [-0.39, 0.29) is 5.82 Å². The van der Waals surface area contributed by atoms with Crippen molar-refractivity contribution in [1.82, 2.24) is 15.0 Å². The summed E-state index contributed by atoms with van der Waals surface area (Å²) in [7, 11) is 0. The number of anilines is 1. The number of rotatable bonds is 7. The number of halogens is 1. The molecule has 0 saturated carbocycles. The third kappa shape index (κ3) is 4.21. The number of hydrogen-bond acceptors (Lipinski definition) is 7. The maximum Gasteiger partial charge on any atom is 0.148 e. The van der Waals surface area contributed by atoms with Gasteiger partial charge in [-0.25, -0.2) is 14.4 Å². The van der Waals surface area contributed by atoms with E-state index in [1.165, 1.54) is 23.7 Å². The Balaban J connectivity index is 1.47. The maximum atomic E-state index is 14.3. The number of aromatic nitrogens is 3. The van der Waals surface area contributed by atoms with E-state index in [1.807, 2.05) is 37.3 Å². The van der Waals surface area contributed by atoms with Gasteiger partial charge in [0.1, 0.15) is 34.7 Å². The van der Waals surface area contributed by atoms with E-state index in [0.29, 0.717) is 52.8 Å². The van der Waals surface area contributed by atoms with Crippen LogP contribution >= 0.6 is 11.3 Å². The first-order valence-electron chi connectivity index (χ1n) is 9.44. The van der Waals surface area contributed by atoms with Crippen LogP contribution in [0.4, 0.5) is 10.2 Å². The molecule has 0 unspecified atom stereocenters. The van der Waals surface area contributed by atoms with Crippen LogP contribution in [0.25, 0.3) is 21.5 Å². The van der Waals surface area contributed by atoms with Crippen molar-refractivity contribution in [2.45, 2.75) is 13.3 Å². The number of nitriles is 1. The Morgan fingerprint density at radius 1 is 1.20 bits per heavy atom. The molecule has 0 aliphatic carbocycles. The van der Waals surface area contributed by atoms with Crippen LogP contribution in [0.3, 0.4) is 0 Å². The fraction of sp³-hybridized carbons (Fsp3) is 0.182. The number of thiophene rings is 1. The highest BCUT2D eigenvalue weighted by atomic mass is 32.1. The van der Waals surface area contributed by atoms with Crippen LogP contribution in [0.15, 0.2) is 48.9 Å². The minimum Gasteiger partial charge on any atom is -0.492 e. The number of ether oxygens (including phenoxy) is 1. The fourth-order valence-corrected chi connectivity index (χ4v) is 3.95. The van der Waals surface area contributed by atoms with Gasteiger partial charge in [0.2, 0.25) is 0 Å². The van der Waals surface area contributed by atoms with E-state index >= 15 is 0 Å². The number of nitrogens with zero attached hydrogens (tertiary/aromatic N) is 4. The van der Waals surface area contributed by atoms with Gasteiger partial charge in [-0.05, 0) is 31.0 Å². The molecule has 1 N–H and O–H groups in total. The van der Waals surface area contributed by atoms with Gasteiger partial charge in [-0.15, -0.1) is 11.3 Å². The molecule has 0 spiro atoms. The van der Waals surface area contributed by atoms with Gasteiger partial charge in [0, 0.05) is 36.3 Å². The molecule has 3 aromatic heterocycles. The molecule has 0 atom stereocenters. The van der Waals surface area contributed by atoms with Crippen LogP contribution in [0.2, 0.25) is 0 Å². The molecule has 6 nitrogen and oxygen atoms in total. The minimum absolute atomic E-state index is 0.266. The second-order valence-corrected chi connectivity index (χ2v) is 7.51. The van der Waals surface area contributed by atoms with E-state index in [0.717, 1.165) is 10.3 Å². The molecule has 4 aromatic rings. The fourth-order valence-electron chi connectivity index (χ4n) is 3.09.